The monoisotopic (exact) mass is 1770 g/mol. The zero-order valence-electron chi connectivity index (χ0n) is 78.3. The number of fused-ring (bicyclic) bond motifs is 12. The van der Waals surface area contributed by atoms with Gasteiger partial charge >= 0.3 is 0 Å². The van der Waals surface area contributed by atoms with Crippen molar-refractivity contribution < 1.29 is 8.78 Å². The molecule has 0 amide bonds. The Balaban J connectivity index is 0.000000160. The van der Waals surface area contributed by atoms with E-state index in [1.807, 2.05) is 46.9 Å². The van der Waals surface area contributed by atoms with Crippen molar-refractivity contribution in [2.24, 2.45) is 0 Å². The third kappa shape index (κ3) is 17.7. The molecule has 10 heteroatoms. The molecule has 15 aromatic rings. The predicted octanol–water partition coefficient (Wildman–Crippen LogP) is 34.9. The van der Waals surface area contributed by atoms with Crippen LogP contribution in [0.1, 0.15) is 180 Å². The van der Waals surface area contributed by atoms with Crippen molar-refractivity contribution in [1.29, 1.82) is 0 Å². The van der Waals surface area contributed by atoms with Gasteiger partial charge in [-0.1, -0.05) is 209 Å². The summed E-state index contributed by atoms with van der Waals surface area (Å²) in [5.41, 5.74) is 35.3. The van der Waals surface area contributed by atoms with E-state index in [2.05, 4.69) is 329 Å². The van der Waals surface area contributed by atoms with Crippen LogP contribution in [0.15, 0.2) is 156 Å². The third-order valence-electron chi connectivity index (χ3n) is 30.4. The summed E-state index contributed by atoms with van der Waals surface area (Å²) in [5.74, 6) is 22.4. The second kappa shape index (κ2) is 39.0. The Hall–Kier alpha value is -9.10. The van der Waals surface area contributed by atoms with Gasteiger partial charge in [-0.2, -0.15) is 0 Å². The number of benzene rings is 13. The molecule has 0 aliphatic carbocycles. The standard InChI is InChI=1S/C42H50Si2.C38H40F2Si2.C34H38S2Si2/c1-11-43(12-2,13-3)23-21-33-39-25-35-29(7)17-19-31(9)37(35)27-41(39)34(22-24-44(14-4,15-5)16-6)42-28-38-32(10)20-18-30(8)36(38)26-40(33)42;1-7-41(8-2,9-3)21-19-29-33-23-27-15-13-18-38(40)32(27)26-36(33)30(20-22-42(10-4,11-5)12-6)34-24-28-16-14-17-37(39)31(28)25-35(29)34;1-7-37(8-2,9-3)19-15-27-29-21-25-13-17-36-34(25)24-32(29)28(16-20-38(10-4,11-5)12-6)30-22-26-14-18-35-33(26)23-31(27)30/h17-20,25-28H,11-16H2,1-10H3;13-18,23-26H,7-12H2,1-6H3;13-14,17-18,21-24H,7-12H2,1-6H3. The summed E-state index contributed by atoms with van der Waals surface area (Å²) in [7, 11) is -10.1. The minimum atomic E-state index is -1.79. The Bertz CT molecular complexity index is 6410. The fourth-order valence-electron chi connectivity index (χ4n) is 19.4. The maximum atomic E-state index is 15.2. The lowest BCUT2D eigenvalue weighted by molar-refractivity contribution is 0.639. The van der Waals surface area contributed by atoms with Crippen molar-refractivity contribution in [3.05, 3.63) is 224 Å². The molecule has 0 saturated heterocycles. The summed E-state index contributed by atoms with van der Waals surface area (Å²) in [4.78, 5) is 0. The Morgan fingerprint density at radius 2 is 0.395 bits per heavy atom. The molecule has 13 aromatic carbocycles. The van der Waals surface area contributed by atoms with Gasteiger partial charge in [-0.15, -0.1) is 55.9 Å². The molecule has 15 rings (SSSR count). The van der Waals surface area contributed by atoms with Gasteiger partial charge in [-0.3, -0.25) is 0 Å². The van der Waals surface area contributed by atoms with Crippen molar-refractivity contribution in [1.82, 2.24) is 0 Å². The highest BCUT2D eigenvalue weighted by molar-refractivity contribution is 7.17. The maximum absolute atomic E-state index is 15.2. The molecule has 124 heavy (non-hydrogen) atoms. The highest BCUT2D eigenvalue weighted by atomic mass is 32.1. The second-order valence-electron chi connectivity index (χ2n) is 35.5. The van der Waals surface area contributed by atoms with Gasteiger partial charge < -0.3 is 0 Å². The minimum Gasteiger partial charge on any atom is -0.206 e. The molecule has 0 radical (unpaired) electrons. The lowest BCUT2D eigenvalue weighted by Gasteiger charge is -2.21. The van der Waals surface area contributed by atoms with E-state index < -0.39 is 48.4 Å². The first kappa shape index (κ1) is 92.6. The molecule has 0 saturated carbocycles. The Kier molecular flexibility index (Phi) is 29.1. The molecule has 0 unspecified atom stereocenters. The average Bonchev–Trinajstić information content (AvgIpc) is 0.837. The Labute approximate surface area is 755 Å². The van der Waals surface area contributed by atoms with E-state index in [1.54, 1.807) is 12.1 Å². The highest BCUT2D eigenvalue weighted by Crippen LogP contribution is 2.45. The lowest BCUT2D eigenvalue weighted by Crippen LogP contribution is -2.29. The zero-order valence-corrected chi connectivity index (χ0v) is 85.9. The van der Waals surface area contributed by atoms with Gasteiger partial charge in [0.1, 0.15) is 60.1 Å². The van der Waals surface area contributed by atoms with Crippen LogP contribution in [0.25, 0.3) is 128 Å². The van der Waals surface area contributed by atoms with Gasteiger partial charge in [0.25, 0.3) is 0 Å². The topological polar surface area (TPSA) is 0 Å². The molecule has 0 aliphatic heterocycles. The first-order chi connectivity index (χ1) is 59.8. The van der Waals surface area contributed by atoms with E-state index in [0.717, 1.165) is 79.7 Å². The summed E-state index contributed by atoms with van der Waals surface area (Å²) in [5, 5.41) is 29.2. The number of hydrogen-bond acceptors (Lipinski definition) is 2. The SMILES string of the molecule is CC[Si](C#Cc1c2cc3c(C)ccc(C)c3cc2c(C#C[Si](CC)(CC)CC)c2cc3c(C)ccc(C)c3cc12)(CC)CC.CC[Si](C#Cc1c2cc3cccc(F)c3cc2c(C#C[Si](CC)(CC)CC)c2cc3cccc(F)c3cc12)(CC)CC.CC[Si](C#Cc1c2cc3ccsc3cc2c(C#C[Si](CC)(CC)CC)c2cc3ccsc3cc12)(CC)CC. The fourth-order valence-corrected chi connectivity index (χ4v) is 35.5. The Morgan fingerprint density at radius 3 is 0.605 bits per heavy atom. The normalized spacial score (nSPS) is 12.1. The first-order valence-electron chi connectivity index (χ1n) is 46.8. The van der Waals surface area contributed by atoms with Crippen LogP contribution in [0, 0.1) is 108 Å². The number of aryl methyl sites for hydroxylation is 4. The van der Waals surface area contributed by atoms with Crippen LogP contribution in [-0.2, 0) is 0 Å². The van der Waals surface area contributed by atoms with Crippen LogP contribution in [0.4, 0.5) is 8.78 Å². The molecule has 2 aromatic heterocycles. The van der Waals surface area contributed by atoms with Crippen LogP contribution in [-0.4, -0.2) is 48.4 Å². The maximum Gasteiger partial charge on any atom is 0.138 e. The average molecular weight is 1770 g/mol. The number of rotatable bonds is 18. The van der Waals surface area contributed by atoms with E-state index in [1.165, 1.54) is 214 Å². The second-order valence-corrected chi connectivity index (χ2v) is 67.0. The largest absolute Gasteiger partial charge is 0.206 e. The van der Waals surface area contributed by atoms with Gasteiger partial charge in [0, 0.05) is 64.3 Å². The van der Waals surface area contributed by atoms with Crippen molar-refractivity contribution in [3.63, 3.8) is 0 Å². The van der Waals surface area contributed by atoms with Crippen LogP contribution < -0.4 is 0 Å². The molecule has 0 nitrogen and oxygen atoms in total. The predicted molar refractivity (Wildman–Crippen MR) is 568 cm³/mol. The number of hydrogen-bond donors (Lipinski definition) is 0. The van der Waals surface area contributed by atoms with Crippen molar-refractivity contribution in [2.45, 2.75) is 261 Å². The smallest absolute Gasteiger partial charge is 0.138 e. The fraction of sp³-hybridized carbons (Fsp3) is 0.351. The summed E-state index contributed by atoms with van der Waals surface area (Å²) in [6.07, 6.45) is 0. The molecular weight excluding hydrogens is 1640 g/mol. The van der Waals surface area contributed by atoms with E-state index in [0.29, 0.717) is 10.8 Å². The molecule has 0 atom stereocenters. The molecule has 0 spiro atoms. The lowest BCUT2D eigenvalue weighted by atomic mass is 9.86. The zero-order chi connectivity index (χ0) is 88.8. The molecule has 0 fully saturated rings. The minimum absolute atomic E-state index is 0.240. The third-order valence-corrected chi connectivity index (χ3v) is 60.5. The van der Waals surface area contributed by atoms with E-state index in [9.17, 15) is 0 Å². The van der Waals surface area contributed by atoms with Crippen LogP contribution in [0.2, 0.25) is 109 Å². The van der Waals surface area contributed by atoms with Crippen LogP contribution in [0.3, 0.4) is 0 Å². The summed E-state index contributed by atoms with van der Waals surface area (Å²) < 4.78 is 33.1. The molecule has 0 aliphatic rings. The molecule has 0 bridgehead atoms. The summed E-state index contributed by atoms with van der Waals surface area (Å²) in [6, 6.07) is 72.6. The van der Waals surface area contributed by atoms with Crippen LogP contribution >= 0.6 is 22.7 Å². The van der Waals surface area contributed by atoms with E-state index in [-0.39, 0.29) is 11.6 Å². The summed E-state index contributed by atoms with van der Waals surface area (Å²) in [6.45, 7) is 50.7. The number of thiophene rings is 2. The Morgan fingerprint density at radius 1 is 0.210 bits per heavy atom. The van der Waals surface area contributed by atoms with E-state index in [4.69, 9.17) is 0 Å². The molecule has 0 N–H and O–H groups in total. The first-order valence-corrected chi connectivity index (χ1v) is 64.3. The molecule has 2 heterocycles. The molecule has 634 valence electrons. The molecular formula is C114H128F2S2Si6. The van der Waals surface area contributed by atoms with Crippen LogP contribution in [0.5, 0.6) is 0 Å². The van der Waals surface area contributed by atoms with Crippen molar-refractivity contribution in [2.75, 3.05) is 0 Å². The quantitative estimate of drug-likeness (QED) is 0.0456. The van der Waals surface area contributed by atoms with Crippen molar-refractivity contribution in [3.8, 4) is 68.8 Å². The van der Waals surface area contributed by atoms with Gasteiger partial charge in [0.05, 0.1) is 0 Å². The van der Waals surface area contributed by atoms with Gasteiger partial charge in [-0.25, -0.2) is 8.78 Å². The van der Waals surface area contributed by atoms with Gasteiger partial charge in [0.15, 0.2) is 0 Å². The van der Waals surface area contributed by atoms with Gasteiger partial charge in [0.2, 0.25) is 0 Å². The highest BCUT2D eigenvalue weighted by Gasteiger charge is 2.32. The van der Waals surface area contributed by atoms with E-state index >= 15 is 8.78 Å². The van der Waals surface area contributed by atoms with Gasteiger partial charge in [-0.05, 0) is 364 Å². The number of halogens is 2. The summed E-state index contributed by atoms with van der Waals surface area (Å²) >= 11 is 3.65. The van der Waals surface area contributed by atoms with Crippen molar-refractivity contribution >= 4 is 199 Å².